The number of hydrogen-bond donors (Lipinski definition) is 1. The summed E-state index contributed by atoms with van der Waals surface area (Å²) in [7, 11) is 0. The van der Waals surface area contributed by atoms with Crippen LogP contribution < -0.4 is 4.90 Å². The standard InChI is InChI=1S/C14H18F3NO2/c1-2-12-8-18(5-6-20-12)11-4-3-10(9-19)13(7-11)14(15,16)17/h3-4,7,12,19H,2,5-6,8-9H2,1H3. The van der Waals surface area contributed by atoms with Gasteiger partial charge in [0.2, 0.25) is 0 Å². The molecular weight excluding hydrogens is 271 g/mol. The van der Waals surface area contributed by atoms with Crippen LogP contribution in [0, 0.1) is 0 Å². The lowest BCUT2D eigenvalue weighted by Crippen LogP contribution is -2.42. The van der Waals surface area contributed by atoms with E-state index >= 15 is 0 Å². The van der Waals surface area contributed by atoms with Crippen LogP contribution in [0.25, 0.3) is 0 Å². The van der Waals surface area contributed by atoms with Crippen LogP contribution in [0.1, 0.15) is 24.5 Å². The highest BCUT2D eigenvalue weighted by atomic mass is 19.4. The number of morpholine rings is 1. The van der Waals surface area contributed by atoms with E-state index in [0.717, 1.165) is 12.5 Å². The summed E-state index contributed by atoms with van der Waals surface area (Å²) >= 11 is 0. The summed E-state index contributed by atoms with van der Waals surface area (Å²) in [4.78, 5) is 1.90. The summed E-state index contributed by atoms with van der Waals surface area (Å²) in [6, 6.07) is 4.08. The first-order valence-electron chi connectivity index (χ1n) is 6.63. The average Bonchev–Trinajstić information content (AvgIpc) is 2.45. The van der Waals surface area contributed by atoms with Crippen molar-refractivity contribution < 1.29 is 23.0 Å². The number of nitrogens with zero attached hydrogens (tertiary/aromatic N) is 1. The predicted molar refractivity (Wildman–Crippen MR) is 69.6 cm³/mol. The number of rotatable bonds is 3. The molecule has 0 spiro atoms. The summed E-state index contributed by atoms with van der Waals surface area (Å²) in [5.41, 5.74) is -0.338. The van der Waals surface area contributed by atoms with Gasteiger partial charge in [-0.3, -0.25) is 0 Å². The van der Waals surface area contributed by atoms with E-state index in [2.05, 4.69) is 0 Å². The van der Waals surface area contributed by atoms with Gasteiger partial charge in [-0.1, -0.05) is 13.0 Å². The van der Waals surface area contributed by atoms with Crippen molar-refractivity contribution in [1.29, 1.82) is 0 Å². The van der Waals surface area contributed by atoms with E-state index in [0.29, 0.717) is 25.4 Å². The molecule has 1 N–H and O–H groups in total. The second kappa shape index (κ2) is 6.01. The third-order valence-corrected chi connectivity index (χ3v) is 3.53. The van der Waals surface area contributed by atoms with Crippen LogP contribution in [0.2, 0.25) is 0 Å². The largest absolute Gasteiger partial charge is 0.416 e. The van der Waals surface area contributed by atoms with Gasteiger partial charge in [-0.2, -0.15) is 13.2 Å². The minimum atomic E-state index is -4.45. The molecule has 2 rings (SSSR count). The molecule has 1 saturated heterocycles. The zero-order valence-corrected chi connectivity index (χ0v) is 11.3. The van der Waals surface area contributed by atoms with E-state index in [1.165, 1.54) is 6.07 Å². The van der Waals surface area contributed by atoms with Crippen molar-refractivity contribution in [2.24, 2.45) is 0 Å². The van der Waals surface area contributed by atoms with Crippen molar-refractivity contribution in [1.82, 2.24) is 0 Å². The number of anilines is 1. The van der Waals surface area contributed by atoms with Gasteiger partial charge in [-0.15, -0.1) is 0 Å². The van der Waals surface area contributed by atoms with E-state index in [-0.39, 0.29) is 11.7 Å². The smallest absolute Gasteiger partial charge is 0.392 e. The van der Waals surface area contributed by atoms with E-state index in [1.54, 1.807) is 6.07 Å². The van der Waals surface area contributed by atoms with Crippen molar-refractivity contribution in [3.05, 3.63) is 29.3 Å². The Morgan fingerprint density at radius 2 is 2.15 bits per heavy atom. The predicted octanol–water partition coefficient (Wildman–Crippen LogP) is 2.81. The Bertz CT molecular complexity index is 462. The van der Waals surface area contributed by atoms with Gasteiger partial charge in [0.15, 0.2) is 0 Å². The molecule has 0 aromatic heterocycles. The fraction of sp³-hybridized carbons (Fsp3) is 0.571. The molecular formula is C14H18F3NO2. The minimum absolute atomic E-state index is 0.0515. The summed E-state index contributed by atoms with van der Waals surface area (Å²) in [6.45, 7) is 3.06. The summed E-state index contributed by atoms with van der Waals surface area (Å²) in [5, 5.41) is 9.03. The van der Waals surface area contributed by atoms with Gasteiger partial charge in [0, 0.05) is 18.8 Å². The number of aliphatic hydroxyl groups is 1. The number of ether oxygens (including phenoxy) is 1. The maximum atomic E-state index is 13.0. The van der Waals surface area contributed by atoms with Crippen LogP contribution in [0.4, 0.5) is 18.9 Å². The van der Waals surface area contributed by atoms with E-state index in [4.69, 9.17) is 9.84 Å². The van der Waals surface area contributed by atoms with Gasteiger partial charge in [0.1, 0.15) is 0 Å². The Labute approximate surface area is 116 Å². The molecule has 1 aromatic carbocycles. The molecule has 0 aliphatic carbocycles. The summed E-state index contributed by atoms with van der Waals surface area (Å²) in [5.74, 6) is 0. The Morgan fingerprint density at radius 1 is 1.40 bits per heavy atom. The molecule has 1 aromatic rings. The molecule has 20 heavy (non-hydrogen) atoms. The lowest BCUT2D eigenvalue weighted by molar-refractivity contribution is -0.138. The number of benzene rings is 1. The lowest BCUT2D eigenvalue weighted by atomic mass is 10.1. The van der Waals surface area contributed by atoms with Gasteiger partial charge in [-0.05, 0) is 24.1 Å². The Hall–Kier alpha value is -1.27. The molecule has 6 heteroatoms. The second-order valence-electron chi connectivity index (χ2n) is 4.84. The van der Waals surface area contributed by atoms with Crippen LogP contribution >= 0.6 is 0 Å². The normalized spacial score (nSPS) is 20.2. The highest BCUT2D eigenvalue weighted by Gasteiger charge is 2.34. The molecule has 0 bridgehead atoms. The zero-order chi connectivity index (χ0) is 14.8. The second-order valence-corrected chi connectivity index (χ2v) is 4.84. The van der Waals surface area contributed by atoms with Gasteiger partial charge in [0.05, 0.1) is 24.9 Å². The Morgan fingerprint density at radius 3 is 2.75 bits per heavy atom. The molecule has 112 valence electrons. The Kier molecular flexibility index (Phi) is 4.55. The van der Waals surface area contributed by atoms with Crippen molar-refractivity contribution in [2.45, 2.75) is 32.2 Å². The first kappa shape index (κ1) is 15.1. The van der Waals surface area contributed by atoms with Gasteiger partial charge in [-0.25, -0.2) is 0 Å². The third-order valence-electron chi connectivity index (χ3n) is 3.53. The number of hydrogen-bond acceptors (Lipinski definition) is 3. The average molecular weight is 289 g/mol. The maximum Gasteiger partial charge on any atom is 0.416 e. The van der Waals surface area contributed by atoms with Gasteiger partial charge >= 0.3 is 6.18 Å². The summed E-state index contributed by atoms with van der Waals surface area (Å²) in [6.07, 6.45) is -3.57. The van der Waals surface area contributed by atoms with E-state index in [1.807, 2.05) is 11.8 Å². The molecule has 1 atom stereocenters. The number of aliphatic hydroxyl groups excluding tert-OH is 1. The van der Waals surface area contributed by atoms with Crippen molar-refractivity contribution in [3.63, 3.8) is 0 Å². The third kappa shape index (κ3) is 3.24. The quantitative estimate of drug-likeness (QED) is 0.928. The number of halogens is 3. The monoisotopic (exact) mass is 289 g/mol. The molecule has 1 aliphatic rings. The SMILES string of the molecule is CCC1CN(c2ccc(CO)c(C(F)(F)F)c2)CCO1. The number of alkyl halides is 3. The fourth-order valence-corrected chi connectivity index (χ4v) is 2.36. The highest BCUT2D eigenvalue weighted by molar-refractivity contribution is 5.52. The molecule has 0 saturated carbocycles. The summed E-state index contributed by atoms with van der Waals surface area (Å²) < 4.78 is 44.4. The first-order valence-corrected chi connectivity index (χ1v) is 6.63. The zero-order valence-electron chi connectivity index (χ0n) is 11.3. The lowest BCUT2D eigenvalue weighted by Gasteiger charge is -2.34. The van der Waals surface area contributed by atoms with Crippen LogP contribution in [-0.2, 0) is 17.5 Å². The van der Waals surface area contributed by atoms with Crippen molar-refractivity contribution >= 4 is 5.69 Å². The molecule has 0 radical (unpaired) electrons. The van der Waals surface area contributed by atoms with Crippen LogP contribution in [0.3, 0.4) is 0 Å². The highest BCUT2D eigenvalue weighted by Crippen LogP contribution is 2.35. The molecule has 3 nitrogen and oxygen atoms in total. The maximum absolute atomic E-state index is 13.0. The van der Waals surface area contributed by atoms with Crippen LogP contribution in [0.15, 0.2) is 18.2 Å². The topological polar surface area (TPSA) is 32.7 Å². The van der Waals surface area contributed by atoms with Crippen LogP contribution in [0.5, 0.6) is 0 Å². The van der Waals surface area contributed by atoms with Crippen molar-refractivity contribution in [3.8, 4) is 0 Å². The molecule has 1 unspecified atom stereocenters. The minimum Gasteiger partial charge on any atom is -0.392 e. The van der Waals surface area contributed by atoms with E-state index in [9.17, 15) is 13.2 Å². The Balaban J connectivity index is 2.29. The van der Waals surface area contributed by atoms with Gasteiger partial charge in [0.25, 0.3) is 0 Å². The van der Waals surface area contributed by atoms with E-state index < -0.39 is 18.3 Å². The molecule has 1 fully saturated rings. The van der Waals surface area contributed by atoms with Crippen LogP contribution in [-0.4, -0.2) is 30.9 Å². The van der Waals surface area contributed by atoms with Gasteiger partial charge < -0.3 is 14.7 Å². The molecule has 1 aliphatic heterocycles. The first-order chi connectivity index (χ1) is 9.45. The fourth-order valence-electron chi connectivity index (χ4n) is 2.36. The molecule has 0 amide bonds. The molecule has 1 heterocycles. The van der Waals surface area contributed by atoms with Crippen molar-refractivity contribution in [2.75, 3.05) is 24.6 Å².